The number of hydrogen-bond donors (Lipinski definition) is 2. The highest BCUT2D eigenvalue weighted by Crippen LogP contribution is 2.28. The van der Waals surface area contributed by atoms with Crippen molar-refractivity contribution in [1.29, 1.82) is 0 Å². The molecule has 2 N–H and O–H groups in total. The van der Waals surface area contributed by atoms with Crippen molar-refractivity contribution in [1.82, 2.24) is 0 Å². The Morgan fingerprint density at radius 3 is 2.48 bits per heavy atom. The summed E-state index contributed by atoms with van der Waals surface area (Å²) in [7, 11) is 1.57. The first-order valence-electron chi connectivity index (χ1n) is 7.13. The van der Waals surface area contributed by atoms with Crippen LogP contribution in [-0.2, 0) is 4.74 Å². The summed E-state index contributed by atoms with van der Waals surface area (Å²) >= 11 is 0. The van der Waals surface area contributed by atoms with E-state index in [0.717, 1.165) is 12.2 Å². The molecule has 118 valence electrons. The lowest BCUT2D eigenvalue weighted by Gasteiger charge is -2.20. The van der Waals surface area contributed by atoms with E-state index < -0.39 is 11.7 Å². The highest BCUT2D eigenvalue weighted by molar-refractivity contribution is 5.87. The molecule has 0 saturated carbocycles. The van der Waals surface area contributed by atoms with Crippen LogP contribution >= 0.6 is 0 Å². The van der Waals surface area contributed by atoms with Crippen LogP contribution in [0.2, 0.25) is 0 Å². The van der Waals surface area contributed by atoms with Gasteiger partial charge in [0.05, 0.1) is 12.8 Å². The van der Waals surface area contributed by atoms with Crippen molar-refractivity contribution in [3.05, 3.63) is 18.2 Å². The molecule has 0 aliphatic carbocycles. The molecule has 0 radical (unpaired) electrons. The number of anilines is 2. The zero-order valence-corrected chi connectivity index (χ0v) is 13.7. The van der Waals surface area contributed by atoms with Gasteiger partial charge in [0.15, 0.2) is 0 Å². The van der Waals surface area contributed by atoms with Crippen molar-refractivity contribution >= 4 is 17.5 Å². The third-order valence-electron chi connectivity index (χ3n) is 2.55. The molecule has 0 aromatic heterocycles. The number of hydrogen-bond acceptors (Lipinski definition) is 4. The van der Waals surface area contributed by atoms with Crippen LogP contribution in [0.25, 0.3) is 0 Å². The zero-order chi connectivity index (χ0) is 16.0. The van der Waals surface area contributed by atoms with Crippen LogP contribution < -0.4 is 15.4 Å². The predicted molar refractivity (Wildman–Crippen MR) is 86.2 cm³/mol. The van der Waals surface area contributed by atoms with Gasteiger partial charge in [-0.05, 0) is 38.8 Å². The van der Waals surface area contributed by atoms with Gasteiger partial charge in [0.2, 0.25) is 0 Å². The van der Waals surface area contributed by atoms with Gasteiger partial charge in [-0.2, -0.15) is 0 Å². The maximum absolute atomic E-state index is 11.8. The fourth-order valence-corrected chi connectivity index (χ4v) is 1.64. The topological polar surface area (TPSA) is 59.6 Å². The lowest BCUT2D eigenvalue weighted by atomic mass is 10.2. The minimum Gasteiger partial charge on any atom is -0.494 e. The summed E-state index contributed by atoms with van der Waals surface area (Å²) in [6, 6.07) is 5.55. The van der Waals surface area contributed by atoms with Gasteiger partial charge in [0.1, 0.15) is 11.4 Å². The number of ether oxygens (including phenoxy) is 2. The average Bonchev–Trinajstić information content (AvgIpc) is 2.35. The second kappa shape index (κ2) is 7.20. The van der Waals surface area contributed by atoms with E-state index in [4.69, 9.17) is 9.47 Å². The van der Waals surface area contributed by atoms with Crippen LogP contribution in [0.4, 0.5) is 16.2 Å². The van der Waals surface area contributed by atoms with Gasteiger partial charge in [-0.3, -0.25) is 5.32 Å². The third-order valence-corrected chi connectivity index (χ3v) is 2.55. The molecule has 0 bridgehead atoms. The second-order valence-electron chi connectivity index (χ2n) is 6.32. The number of rotatable bonds is 5. The summed E-state index contributed by atoms with van der Waals surface area (Å²) in [5.74, 6) is 1.14. The summed E-state index contributed by atoms with van der Waals surface area (Å²) in [5, 5.41) is 6.01. The maximum atomic E-state index is 11.8. The van der Waals surface area contributed by atoms with Crippen LogP contribution in [-0.4, -0.2) is 25.3 Å². The Balaban J connectivity index is 2.77. The summed E-state index contributed by atoms with van der Waals surface area (Å²) in [5.41, 5.74) is 1.01. The average molecular weight is 294 g/mol. The van der Waals surface area contributed by atoms with Gasteiger partial charge in [-0.25, -0.2) is 4.79 Å². The van der Waals surface area contributed by atoms with Crippen molar-refractivity contribution in [3.63, 3.8) is 0 Å². The minimum atomic E-state index is -0.532. The zero-order valence-electron chi connectivity index (χ0n) is 13.7. The molecule has 0 spiro atoms. The van der Waals surface area contributed by atoms with E-state index in [0.29, 0.717) is 17.4 Å². The molecule has 1 amide bonds. The van der Waals surface area contributed by atoms with Crippen molar-refractivity contribution in [2.75, 3.05) is 24.3 Å². The Bertz CT molecular complexity index is 479. The number of carbonyl (C=O) groups excluding carboxylic acids is 1. The molecule has 21 heavy (non-hydrogen) atoms. The van der Waals surface area contributed by atoms with Crippen LogP contribution in [0.5, 0.6) is 5.75 Å². The van der Waals surface area contributed by atoms with E-state index in [2.05, 4.69) is 24.5 Å². The van der Waals surface area contributed by atoms with E-state index in [1.165, 1.54) is 0 Å². The fourth-order valence-electron chi connectivity index (χ4n) is 1.64. The predicted octanol–water partition coefficient (Wildman–Crippen LogP) is 4.11. The molecule has 5 nitrogen and oxygen atoms in total. The van der Waals surface area contributed by atoms with E-state index >= 15 is 0 Å². The molecule has 1 aromatic rings. The molecule has 0 heterocycles. The molecule has 0 aliphatic rings. The van der Waals surface area contributed by atoms with Gasteiger partial charge in [0, 0.05) is 18.3 Å². The number of methoxy groups -OCH3 is 1. The molecule has 0 fully saturated rings. The first-order valence-corrected chi connectivity index (χ1v) is 7.13. The van der Waals surface area contributed by atoms with Crippen LogP contribution in [0.1, 0.15) is 34.6 Å². The first kappa shape index (κ1) is 17.1. The molecule has 1 rings (SSSR count). The number of benzene rings is 1. The normalized spacial score (nSPS) is 11.2. The fraction of sp³-hybridized carbons (Fsp3) is 0.562. The van der Waals surface area contributed by atoms with E-state index in [1.807, 2.05) is 32.9 Å². The number of carbonyl (C=O) groups is 1. The molecule has 0 aliphatic heterocycles. The van der Waals surface area contributed by atoms with E-state index in [-0.39, 0.29) is 0 Å². The Morgan fingerprint density at radius 2 is 1.95 bits per heavy atom. The van der Waals surface area contributed by atoms with Crippen LogP contribution in [0.15, 0.2) is 18.2 Å². The first-order chi connectivity index (χ1) is 9.71. The lowest BCUT2D eigenvalue weighted by molar-refractivity contribution is 0.0635. The largest absolute Gasteiger partial charge is 0.494 e. The lowest BCUT2D eigenvalue weighted by Crippen LogP contribution is -2.27. The third kappa shape index (κ3) is 6.38. The van der Waals surface area contributed by atoms with Gasteiger partial charge in [0.25, 0.3) is 0 Å². The van der Waals surface area contributed by atoms with Gasteiger partial charge < -0.3 is 14.8 Å². The maximum Gasteiger partial charge on any atom is 0.412 e. The minimum absolute atomic E-state index is 0.497. The van der Waals surface area contributed by atoms with E-state index in [9.17, 15) is 4.79 Å². The summed E-state index contributed by atoms with van der Waals surface area (Å²) in [6.45, 7) is 10.6. The summed E-state index contributed by atoms with van der Waals surface area (Å²) in [6.07, 6.45) is -0.497. The monoisotopic (exact) mass is 294 g/mol. The Kier molecular flexibility index (Phi) is 5.88. The standard InChI is InChI=1S/C16H26N2O3/c1-11(2)10-17-12-7-8-13(14(9-12)20-6)18-15(19)21-16(3,4)5/h7-9,11,17H,10H2,1-6H3,(H,18,19). The Morgan fingerprint density at radius 1 is 1.29 bits per heavy atom. The van der Waals surface area contributed by atoms with Crippen molar-refractivity contribution in [2.24, 2.45) is 5.92 Å². The molecule has 5 heteroatoms. The van der Waals surface area contributed by atoms with Crippen LogP contribution in [0.3, 0.4) is 0 Å². The quantitative estimate of drug-likeness (QED) is 0.858. The Hall–Kier alpha value is -1.91. The molecule has 0 atom stereocenters. The molecule has 1 aromatic carbocycles. The van der Waals surface area contributed by atoms with Crippen molar-refractivity contribution in [3.8, 4) is 5.75 Å². The smallest absolute Gasteiger partial charge is 0.412 e. The number of amides is 1. The van der Waals surface area contributed by atoms with Gasteiger partial charge >= 0.3 is 6.09 Å². The molecular weight excluding hydrogens is 268 g/mol. The highest BCUT2D eigenvalue weighted by atomic mass is 16.6. The van der Waals surface area contributed by atoms with Crippen LogP contribution in [0, 0.1) is 5.92 Å². The molecular formula is C16H26N2O3. The van der Waals surface area contributed by atoms with Gasteiger partial charge in [-0.1, -0.05) is 13.8 Å². The summed E-state index contributed by atoms with van der Waals surface area (Å²) in [4.78, 5) is 11.8. The second-order valence-corrected chi connectivity index (χ2v) is 6.32. The van der Waals surface area contributed by atoms with Gasteiger partial charge in [-0.15, -0.1) is 0 Å². The van der Waals surface area contributed by atoms with Crippen molar-refractivity contribution < 1.29 is 14.3 Å². The number of nitrogens with one attached hydrogen (secondary N) is 2. The van der Waals surface area contributed by atoms with Crippen molar-refractivity contribution in [2.45, 2.75) is 40.2 Å². The Labute approximate surface area is 127 Å². The highest BCUT2D eigenvalue weighted by Gasteiger charge is 2.17. The summed E-state index contributed by atoms with van der Waals surface area (Å²) < 4.78 is 10.5. The molecule has 0 unspecified atom stereocenters. The van der Waals surface area contributed by atoms with E-state index in [1.54, 1.807) is 13.2 Å². The SMILES string of the molecule is COc1cc(NCC(C)C)ccc1NC(=O)OC(C)(C)C. The molecule has 0 saturated heterocycles.